The van der Waals surface area contributed by atoms with Gasteiger partial charge in [-0.1, -0.05) is 11.6 Å². The van der Waals surface area contributed by atoms with Crippen LogP contribution < -0.4 is 9.47 Å². The molecule has 0 spiro atoms. The predicted molar refractivity (Wildman–Crippen MR) is 66.5 cm³/mol. The average Bonchev–Trinajstić information content (AvgIpc) is 2.36. The van der Waals surface area contributed by atoms with Crippen molar-refractivity contribution in [1.29, 1.82) is 0 Å². The fourth-order valence-electron chi connectivity index (χ4n) is 1.37. The Bertz CT molecular complexity index is 555. The summed E-state index contributed by atoms with van der Waals surface area (Å²) in [4.78, 5) is 7.59. The van der Waals surface area contributed by atoms with Gasteiger partial charge >= 0.3 is 0 Å². The van der Waals surface area contributed by atoms with Gasteiger partial charge in [0.2, 0.25) is 5.75 Å². The van der Waals surface area contributed by atoms with Crippen LogP contribution in [0.25, 0.3) is 0 Å². The van der Waals surface area contributed by atoms with E-state index in [1.165, 1.54) is 6.33 Å². The molecular weight excluding hydrogens is 256 g/mol. The molecular formula is C12H11ClN2O3. The van der Waals surface area contributed by atoms with E-state index < -0.39 is 0 Å². The number of halogens is 1. The predicted octanol–water partition coefficient (Wildman–Crippen LogP) is 2.94. The van der Waals surface area contributed by atoms with Gasteiger partial charge in [0.05, 0.1) is 17.8 Å². The molecule has 0 saturated carbocycles. The molecule has 0 aliphatic rings. The Labute approximate surface area is 109 Å². The third kappa shape index (κ3) is 2.46. The summed E-state index contributed by atoms with van der Waals surface area (Å²) in [6.07, 6.45) is 1.25. The van der Waals surface area contributed by atoms with Crippen LogP contribution >= 0.6 is 11.6 Å². The smallest absolute Gasteiger partial charge is 0.258 e. The van der Waals surface area contributed by atoms with Crippen LogP contribution in [0.1, 0.15) is 5.69 Å². The van der Waals surface area contributed by atoms with E-state index in [4.69, 9.17) is 21.1 Å². The fraction of sp³-hybridized carbons (Fsp3) is 0.167. The van der Waals surface area contributed by atoms with E-state index >= 15 is 0 Å². The first kappa shape index (κ1) is 12.4. The number of aromatic hydroxyl groups is 1. The van der Waals surface area contributed by atoms with Crippen LogP contribution in [0.5, 0.6) is 23.1 Å². The molecule has 0 aliphatic heterocycles. The van der Waals surface area contributed by atoms with Crippen LogP contribution in [0.15, 0.2) is 24.5 Å². The van der Waals surface area contributed by atoms with Crippen LogP contribution in [-0.4, -0.2) is 22.2 Å². The van der Waals surface area contributed by atoms with E-state index in [9.17, 15) is 5.11 Å². The molecule has 0 atom stereocenters. The number of ether oxygens (including phenoxy) is 2. The van der Waals surface area contributed by atoms with Gasteiger partial charge in [0.25, 0.3) is 5.88 Å². The molecule has 2 rings (SSSR count). The van der Waals surface area contributed by atoms with E-state index in [0.717, 1.165) is 0 Å². The highest BCUT2D eigenvalue weighted by atomic mass is 35.5. The Morgan fingerprint density at radius 1 is 1.28 bits per heavy atom. The van der Waals surface area contributed by atoms with Gasteiger partial charge in [-0.3, -0.25) is 0 Å². The van der Waals surface area contributed by atoms with Gasteiger partial charge in [-0.25, -0.2) is 4.98 Å². The Kier molecular flexibility index (Phi) is 3.53. The van der Waals surface area contributed by atoms with Gasteiger partial charge in [-0.2, -0.15) is 4.98 Å². The summed E-state index contributed by atoms with van der Waals surface area (Å²) in [5, 5.41) is 10.0. The average molecular weight is 267 g/mol. The summed E-state index contributed by atoms with van der Waals surface area (Å²) in [7, 11) is 1.54. The molecule has 1 aromatic heterocycles. The van der Waals surface area contributed by atoms with Crippen molar-refractivity contribution in [2.24, 2.45) is 0 Å². The van der Waals surface area contributed by atoms with Gasteiger partial charge in [-0.05, 0) is 19.1 Å². The lowest BCUT2D eigenvalue weighted by Gasteiger charge is -2.11. The molecule has 1 aromatic carbocycles. The van der Waals surface area contributed by atoms with E-state index in [1.807, 2.05) is 0 Å². The van der Waals surface area contributed by atoms with E-state index in [-0.39, 0.29) is 11.6 Å². The van der Waals surface area contributed by atoms with Crippen molar-refractivity contribution in [3.8, 4) is 23.1 Å². The first-order chi connectivity index (χ1) is 8.61. The largest absolute Gasteiger partial charge is 0.497 e. The standard InChI is InChI=1S/C12H11ClN2O3/c1-7-11(12(16)15-6-14-7)18-10-5-8(17-2)3-4-9(10)13/h3-6H,1-2H3,(H,14,15,16). The number of rotatable bonds is 3. The SMILES string of the molecule is COc1ccc(Cl)c(Oc2c(C)ncnc2O)c1. The fourth-order valence-corrected chi connectivity index (χ4v) is 1.52. The maximum absolute atomic E-state index is 9.62. The Morgan fingerprint density at radius 3 is 2.72 bits per heavy atom. The number of nitrogens with zero attached hydrogens (tertiary/aromatic N) is 2. The normalized spacial score (nSPS) is 10.2. The van der Waals surface area contributed by atoms with Crippen molar-refractivity contribution < 1.29 is 14.6 Å². The minimum atomic E-state index is -0.235. The van der Waals surface area contributed by atoms with Crippen molar-refractivity contribution >= 4 is 11.6 Å². The summed E-state index contributed by atoms with van der Waals surface area (Å²) in [6, 6.07) is 4.98. The molecule has 0 fully saturated rings. The highest BCUT2D eigenvalue weighted by Crippen LogP contribution is 2.36. The second kappa shape index (κ2) is 5.10. The summed E-state index contributed by atoms with van der Waals surface area (Å²) >= 11 is 6.00. The molecule has 6 heteroatoms. The molecule has 0 amide bonds. The Hall–Kier alpha value is -2.01. The molecule has 0 bridgehead atoms. The molecule has 1 heterocycles. The molecule has 94 valence electrons. The maximum Gasteiger partial charge on any atom is 0.258 e. The highest BCUT2D eigenvalue weighted by molar-refractivity contribution is 6.32. The van der Waals surface area contributed by atoms with Crippen LogP contribution in [0.2, 0.25) is 5.02 Å². The number of hydrogen-bond donors (Lipinski definition) is 1. The Morgan fingerprint density at radius 2 is 2.06 bits per heavy atom. The number of aryl methyl sites for hydroxylation is 1. The summed E-state index contributed by atoms with van der Waals surface area (Å²) < 4.78 is 10.6. The number of hydrogen-bond acceptors (Lipinski definition) is 5. The number of aromatic nitrogens is 2. The summed E-state index contributed by atoms with van der Waals surface area (Å²) in [5.41, 5.74) is 0.515. The molecule has 0 aliphatic carbocycles. The molecule has 0 radical (unpaired) electrons. The van der Waals surface area contributed by atoms with Crippen molar-refractivity contribution in [1.82, 2.24) is 9.97 Å². The molecule has 5 nitrogen and oxygen atoms in total. The molecule has 0 saturated heterocycles. The Balaban J connectivity index is 2.39. The zero-order valence-electron chi connectivity index (χ0n) is 9.85. The van der Waals surface area contributed by atoms with Gasteiger partial charge in [0.1, 0.15) is 17.8 Å². The number of methoxy groups -OCH3 is 1. The first-order valence-electron chi connectivity index (χ1n) is 5.13. The summed E-state index contributed by atoms with van der Waals surface area (Å²) in [5.74, 6) is 0.904. The van der Waals surface area contributed by atoms with Gasteiger partial charge < -0.3 is 14.6 Å². The van der Waals surface area contributed by atoms with E-state index in [1.54, 1.807) is 32.2 Å². The lowest BCUT2D eigenvalue weighted by atomic mass is 10.3. The molecule has 2 aromatic rings. The first-order valence-corrected chi connectivity index (χ1v) is 5.51. The van der Waals surface area contributed by atoms with E-state index in [2.05, 4.69) is 9.97 Å². The third-order valence-corrected chi connectivity index (χ3v) is 2.63. The van der Waals surface area contributed by atoms with Gasteiger partial charge in [0, 0.05) is 6.07 Å². The molecule has 18 heavy (non-hydrogen) atoms. The molecule has 1 N–H and O–H groups in total. The van der Waals surface area contributed by atoms with Crippen LogP contribution in [0.4, 0.5) is 0 Å². The minimum Gasteiger partial charge on any atom is -0.497 e. The zero-order chi connectivity index (χ0) is 13.1. The molecule has 0 unspecified atom stereocenters. The van der Waals surface area contributed by atoms with Crippen molar-refractivity contribution in [2.45, 2.75) is 6.92 Å². The quantitative estimate of drug-likeness (QED) is 0.925. The second-order valence-corrected chi connectivity index (χ2v) is 3.92. The lowest BCUT2D eigenvalue weighted by Crippen LogP contribution is -1.94. The van der Waals surface area contributed by atoms with Crippen LogP contribution in [0.3, 0.4) is 0 Å². The van der Waals surface area contributed by atoms with Gasteiger partial charge in [0.15, 0.2) is 0 Å². The maximum atomic E-state index is 9.62. The van der Waals surface area contributed by atoms with Crippen LogP contribution in [0, 0.1) is 6.92 Å². The zero-order valence-corrected chi connectivity index (χ0v) is 10.6. The van der Waals surface area contributed by atoms with Gasteiger partial charge in [-0.15, -0.1) is 0 Å². The lowest BCUT2D eigenvalue weighted by molar-refractivity contribution is 0.384. The highest BCUT2D eigenvalue weighted by Gasteiger charge is 2.12. The third-order valence-electron chi connectivity index (χ3n) is 2.31. The summed E-state index contributed by atoms with van der Waals surface area (Å²) in [6.45, 7) is 1.70. The number of benzene rings is 1. The monoisotopic (exact) mass is 266 g/mol. The van der Waals surface area contributed by atoms with Crippen molar-refractivity contribution in [3.05, 3.63) is 35.2 Å². The van der Waals surface area contributed by atoms with Crippen molar-refractivity contribution in [3.63, 3.8) is 0 Å². The van der Waals surface area contributed by atoms with E-state index in [0.29, 0.717) is 22.2 Å². The minimum absolute atomic E-state index is 0.174. The van der Waals surface area contributed by atoms with Crippen LogP contribution in [-0.2, 0) is 0 Å². The topological polar surface area (TPSA) is 64.5 Å². The second-order valence-electron chi connectivity index (χ2n) is 3.51. The van der Waals surface area contributed by atoms with Crippen molar-refractivity contribution in [2.75, 3.05) is 7.11 Å².